The van der Waals surface area contributed by atoms with Gasteiger partial charge in [-0.1, -0.05) is 127 Å². The number of benzene rings is 8. The van der Waals surface area contributed by atoms with Crippen LogP contribution in [0.1, 0.15) is 0 Å². The summed E-state index contributed by atoms with van der Waals surface area (Å²) in [6.07, 6.45) is 0. The lowest BCUT2D eigenvalue weighted by Crippen LogP contribution is -2.09. The maximum atomic E-state index is 2.36. The van der Waals surface area contributed by atoms with E-state index in [0.717, 1.165) is 17.1 Å². The molecule has 0 saturated carbocycles. The molecule has 9 rings (SSSR count). The Morgan fingerprint density at radius 3 is 1.78 bits per heavy atom. The van der Waals surface area contributed by atoms with Gasteiger partial charge in [0.15, 0.2) is 0 Å². The standard InChI is InChI=1S/C44H29NS/c1-3-12-30(13-4-1)41-28-32-14-7-8-17-36(32)40-20-11-19-37(44(40)41)31-22-24-34(25-23-31)45(33-15-5-2-6-16-33)35-26-27-39-38-18-9-10-21-42(38)46-43(39)29-35/h1-29H. The quantitative estimate of drug-likeness (QED) is 0.177. The fourth-order valence-corrected chi connectivity index (χ4v) is 8.06. The van der Waals surface area contributed by atoms with Gasteiger partial charge in [-0.2, -0.15) is 0 Å². The molecule has 0 aliphatic heterocycles. The third kappa shape index (κ3) is 4.46. The molecular formula is C44H29NS. The van der Waals surface area contributed by atoms with Crippen molar-refractivity contribution < 1.29 is 0 Å². The average molecular weight is 604 g/mol. The fraction of sp³-hybridized carbons (Fsp3) is 0. The first kappa shape index (κ1) is 26.7. The molecule has 2 heteroatoms. The van der Waals surface area contributed by atoms with Crippen LogP contribution in [-0.2, 0) is 0 Å². The van der Waals surface area contributed by atoms with Gasteiger partial charge in [0.05, 0.1) is 0 Å². The molecule has 46 heavy (non-hydrogen) atoms. The Hall–Kier alpha value is -5.70. The van der Waals surface area contributed by atoms with E-state index in [1.54, 1.807) is 0 Å². The van der Waals surface area contributed by atoms with Crippen LogP contribution in [0.15, 0.2) is 176 Å². The summed E-state index contributed by atoms with van der Waals surface area (Å²) in [4.78, 5) is 2.36. The van der Waals surface area contributed by atoms with E-state index in [2.05, 4.69) is 181 Å². The van der Waals surface area contributed by atoms with Crippen LogP contribution in [0.25, 0.3) is 64.0 Å². The molecule has 0 radical (unpaired) electrons. The molecule has 216 valence electrons. The molecule has 1 aromatic heterocycles. The van der Waals surface area contributed by atoms with E-state index >= 15 is 0 Å². The van der Waals surface area contributed by atoms with Gasteiger partial charge in [-0.3, -0.25) is 0 Å². The largest absolute Gasteiger partial charge is 0.310 e. The van der Waals surface area contributed by atoms with Crippen LogP contribution in [-0.4, -0.2) is 0 Å². The summed E-state index contributed by atoms with van der Waals surface area (Å²) in [5, 5.41) is 7.74. The van der Waals surface area contributed by atoms with Gasteiger partial charge in [0, 0.05) is 37.2 Å². The molecule has 1 nitrogen and oxygen atoms in total. The van der Waals surface area contributed by atoms with Gasteiger partial charge >= 0.3 is 0 Å². The van der Waals surface area contributed by atoms with Crippen molar-refractivity contribution in [3.63, 3.8) is 0 Å². The van der Waals surface area contributed by atoms with E-state index in [9.17, 15) is 0 Å². The molecule has 0 fully saturated rings. The minimum absolute atomic E-state index is 1.13. The minimum atomic E-state index is 1.13. The van der Waals surface area contributed by atoms with Crippen molar-refractivity contribution in [2.45, 2.75) is 0 Å². The van der Waals surface area contributed by atoms with Crippen LogP contribution in [0.3, 0.4) is 0 Å². The number of anilines is 3. The van der Waals surface area contributed by atoms with Crippen molar-refractivity contribution in [2.75, 3.05) is 4.90 Å². The first-order chi connectivity index (χ1) is 22.8. The molecule has 0 amide bonds. The Labute approximate surface area is 272 Å². The van der Waals surface area contributed by atoms with E-state index in [-0.39, 0.29) is 0 Å². The second-order valence-electron chi connectivity index (χ2n) is 11.7. The second-order valence-corrected chi connectivity index (χ2v) is 12.8. The van der Waals surface area contributed by atoms with Crippen molar-refractivity contribution >= 4 is 70.1 Å². The number of thiophene rings is 1. The third-order valence-corrected chi connectivity index (χ3v) is 10.2. The predicted molar refractivity (Wildman–Crippen MR) is 200 cm³/mol. The van der Waals surface area contributed by atoms with Gasteiger partial charge in [-0.25, -0.2) is 0 Å². The highest BCUT2D eigenvalue weighted by Crippen LogP contribution is 2.43. The minimum Gasteiger partial charge on any atom is -0.310 e. The van der Waals surface area contributed by atoms with E-state index in [0.29, 0.717) is 0 Å². The van der Waals surface area contributed by atoms with Crippen molar-refractivity contribution in [2.24, 2.45) is 0 Å². The zero-order valence-electron chi connectivity index (χ0n) is 25.1. The van der Waals surface area contributed by atoms with E-state index in [1.807, 2.05) is 11.3 Å². The maximum Gasteiger partial charge on any atom is 0.0476 e. The first-order valence-electron chi connectivity index (χ1n) is 15.7. The van der Waals surface area contributed by atoms with Crippen LogP contribution >= 0.6 is 11.3 Å². The SMILES string of the molecule is c1ccc(-c2cc3ccccc3c3cccc(-c4ccc(N(c5ccccc5)c5ccc6c(c5)sc5ccccc56)cc4)c23)cc1. The van der Waals surface area contributed by atoms with E-state index in [4.69, 9.17) is 0 Å². The molecule has 8 aromatic carbocycles. The summed E-state index contributed by atoms with van der Waals surface area (Å²) in [6, 6.07) is 63.9. The van der Waals surface area contributed by atoms with Crippen molar-refractivity contribution in [3.8, 4) is 22.3 Å². The molecule has 0 N–H and O–H groups in total. The Bertz CT molecular complexity index is 2510. The van der Waals surface area contributed by atoms with E-state index < -0.39 is 0 Å². The van der Waals surface area contributed by atoms with Gasteiger partial charge in [0.2, 0.25) is 0 Å². The topological polar surface area (TPSA) is 3.24 Å². The Morgan fingerprint density at radius 1 is 0.348 bits per heavy atom. The first-order valence-corrected chi connectivity index (χ1v) is 16.5. The second kappa shape index (κ2) is 11.0. The molecule has 0 atom stereocenters. The predicted octanol–water partition coefficient (Wildman–Crippen LogP) is 13.2. The normalized spacial score (nSPS) is 11.5. The summed E-state index contributed by atoms with van der Waals surface area (Å²) >= 11 is 1.86. The molecule has 0 spiro atoms. The highest BCUT2D eigenvalue weighted by atomic mass is 32.1. The number of hydrogen-bond donors (Lipinski definition) is 0. The van der Waals surface area contributed by atoms with E-state index in [1.165, 1.54) is 64.0 Å². The number of hydrogen-bond acceptors (Lipinski definition) is 2. The van der Waals surface area contributed by atoms with Crippen LogP contribution in [0.5, 0.6) is 0 Å². The Kier molecular flexibility index (Phi) is 6.40. The highest BCUT2D eigenvalue weighted by Gasteiger charge is 2.17. The number of fused-ring (bicyclic) bond motifs is 6. The van der Waals surface area contributed by atoms with Crippen LogP contribution in [0.4, 0.5) is 17.1 Å². The zero-order valence-corrected chi connectivity index (χ0v) is 25.9. The zero-order chi connectivity index (χ0) is 30.5. The van der Waals surface area contributed by atoms with Gasteiger partial charge in [-0.15, -0.1) is 11.3 Å². The van der Waals surface area contributed by atoms with Crippen LogP contribution in [0, 0.1) is 0 Å². The van der Waals surface area contributed by atoms with Crippen molar-refractivity contribution in [3.05, 3.63) is 176 Å². The fourth-order valence-electron chi connectivity index (χ4n) is 6.92. The third-order valence-electron chi connectivity index (χ3n) is 9.04. The Morgan fingerprint density at radius 2 is 0.957 bits per heavy atom. The lowest BCUT2D eigenvalue weighted by atomic mass is 9.88. The van der Waals surface area contributed by atoms with Gasteiger partial charge in [-0.05, 0) is 92.3 Å². The average Bonchev–Trinajstić information content (AvgIpc) is 3.50. The summed E-state index contributed by atoms with van der Waals surface area (Å²) in [5.74, 6) is 0. The highest BCUT2D eigenvalue weighted by molar-refractivity contribution is 7.25. The molecule has 1 heterocycles. The lowest BCUT2D eigenvalue weighted by molar-refractivity contribution is 1.29. The molecule has 0 saturated heterocycles. The molecule has 0 aliphatic rings. The van der Waals surface area contributed by atoms with Crippen LogP contribution in [0.2, 0.25) is 0 Å². The van der Waals surface area contributed by atoms with Gasteiger partial charge in [0.25, 0.3) is 0 Å². The van der Waals surface area contributed by atoms with Gasteiger partial charge in [0.1, 0.15) is 0 Å². The summed E-state index contributed by atoms with van der Waals surface area (Å²) in [5.41, 5.74) is 8.36. The molecule has 0 bridgehead atoms. The molecule has 0 unspecified atom stereocenters. The van der Waals surface area contributed by atoms with Crippen molar-refractivity contribution in [1.82, 2.24) is 0 Å². The number of para-hydroxylation sites is 1. The molecule has 0 aliphatic carbocycles. The van der Waals surface area contributed by atoms with Crippen molar-refractivity contribution in [1.29, 1.82) is 0 Å². The summed E-state index contributed by atoms with van der Waals surface area (Å²) in [6.45, 7) is 0. The molecular weight excluding hydrogens is 575 g/mol. The van der Waals surface area contributed by atoms with Crippen LogP contribution < -0.4 is 4.90 Å². The van der Waals surface area contributed by atoms with Gasteiger partial charge < -0.3 is 4.90 Å². The maximum absolute atomic E-state index is 2.36. The smallest absolute Gasteiger partial charge is 0.0476 e. The Balaban J connectivity index is 1.20. The molecule has 9 aromatic rings. The summed E-state index contributed by atoms with van der Waals surface area (Å²) < 4.78 is 2.62. The summed E-state index contributed by atoms with van der Waals surface area (Å²) in [7, 11) is 0. The number of nitrogens with zero attached hydrogens (tertiary/aromatic N) is 1. The monoisotopic (exact) mass is 603 g/mol. The number of rotatable bonds is 5. The lowest BCUT2D eigenvalue weighted by Gasteiger charge is -2.26.